The van der Waals surface area contributed by atoms with E-state index in [0.29, 0.717) is 22.6 Å². The summed E-state index contributed by atoms with van der Waals surface area (Å²) in [6.07, 6.45) is -3.54. The lowest BCUT2D eigenvalue weighted by Gasteiger charge is -2.36. The van der Waals surface area contributed by atoms with Crippen molar-refractivity contribution in [3.63, 3.8) is 0 Å². The number of aliphatic carboxylic acids is 1. The third kappa shape index (κ3) is 5.08. The second kappa shape index (κ2) is 8.89. The van der Waals surface area contributed by atoms with Gasteiger partial charge in [-0.05, 0) is 55.2 Å². The molecule has 0 bridgehead atoms. The number of nitrogens with one attached hydrogen (secondary N) is 1. The van der Waals surface area contributed by atoms with Crippen molar-refractivity contribution in [1.29, 1.82) is 0 Å². The molecular formula is C25H22F3N3O3. The van der Waals surface area contributed by atoms with Gasteiger partial charge < -0.3 is 10.4 Å². The SMILES string of the molecule is Cc1ccc(Nc2ccc(-c3ccc4c(c3)CCC(CC(=O)O)(CC(F)(F)F)C4=O)nc2)nc1. The average Bonchev–Trinajstić information content (AvgIpc) is 2.77. The Morgan fingerprint density at radius 1 is 1.12 bits per heavy atom. The number of carbonyl (C=O) groups is 2. The van der Waals surface area contributed by atoms with E-state index in [9.17, 15) is 27.9 Å². The normalized spacial score (nSPS) is 17.8. The van der Waals surface area contributed by atoms with Gasteiger partial charge in [-0.25, -0.2) is 4.98 Å². The molecule has 0 aliphatic heterocycles. The highest BCUT2D eigenvalue weighted by Crippen LogP contribution is 2.46. The molecule has 0 saturated heterocycles. The Morgan fingerprint density at radius 2 is 1.91 bits per heavy atom. The predicted octanol–water partition coefficient (Wildman–Crippen LogP) is 5.74. The smallest absolute Gasteiger partial charge is 0.390 e. The van der Waals surface area contributed by atoms with Crippen molar-refractivity contribution in [1.82, 2.24) is 9.97 Å². The van der Waals surface area contributed by atoms with E-state index in [1.54, 1.807) is 30.6 Å². The van der Waals surface area contributed by atoms with Crippen LogP contribution in [0.5, 0.6) is 0 Å². The molecule has 0 saturated carbocycles. The molecule has 0 fully saturated rings. The fourth-order valence-electron chi connectivity index (χ4n) is 4.36. The Morgan fingerprint density at radius 3 is 2.53 bits per heavy atom. The van der Waals surface area contributed by atoms with Crippen molar-refractivity contribution >= 4 is 23.3 Å². The van der Waals surface area contributed by atoms with Crippen molar-refractivity contribution in [2.24, 2.45) is 5.41 Å². The molecule has 0 radical (unpaired) electrons. The standard InChI is InChI=1S/C25H22F3N3O3/c1-15-2-7-21(30-12-15)31-18-4-6-20(29-13-18)17-3-5-19-16(10-17)8-9-24(23(19)34,11-22(32)33)14-25(26,27)28/h2-7,10,12-13H,8-9,11,14H2,1H3,(H,30,31)(H,32,33). The molecule has 1 aromatic carbocycles. The maximum atomic E-state index is 13.2. The Kier molecular flexibility index (Phi) is 6.12. The lowest BCUT2D eigenvalue weighted by Crippen LogP contribution is -2.41. The molecule has 176 valence electrons. The van der Waals surface area contributed by atoms with Gasteiger partial charge in [0.2, 0.25) is 0 Å². The van der Waals surface area contributed by atoms with E-state index in [1.807, 2.05) is 25.1 Å². The molecule has 3 aromatic rings. The van der Waals surface area contributed by atoms with Crippen molar-refractivity contribution in [2.45, 2.75) is 38.8 Å². The van der Waals surface area contributed by atoms with E-state index in [1.165, 1.54) is 6.07 Å². The van der Waals surface area contributed by atoms with E-state index in [0.717, 1.165) is 11.3 Å². The van der Waals surface area contributed by atoms with Crippen LogP contribution < -0.4 is 5.32 Å². The zero-order chi connectivity index (χ0) is 24.5. The number of carboxylic acid groups (broad SMARTS) is 1. The fourth-order valence-corrected chi connectivity index (χ4v) is 4.36. The Bertz CT molecular complexity index is 1220. The van der Waals surface area contributed by atoms with Crippen LogP contribution in [0.2, 0.25) is 0 Å². The molecule has 2 heterocycles. The van der Waals surface area contributed by atoms with Crippen LogP contribution in [0.3, 0.4) is 0 Å². The Hall–Kier alpha value is -3.75. The number of anilines is 2. The lowest BCUT2D eigenvalue weighted by atomic mass is 9.66. The summed E-state index contributed by atoms with van der Waals surface area (Å²) in [4.78, 5) is 33.1. The van der Waals surface area contributed by atoms with Gasteiger partial charge in [0.25, 0.3) is 0 Å². The van der Waals surface area contributed by atoms with E-state index in [-0.39, 0.29) is 18.4 Å². The summed E-state index contributed by atoms with van der Waals surface area (Å²) in [7, 11) is 0. The number of ketones is 1. The van der Waals surface area contributed by atoms with Gasteiger partial charge in [-0.3, -0.25) is 14.6 Å². The molecule has 6 nitrogen and oxygen atoms in total. The zero-order valence-electron chi connectivity index (χ0n) is 18.3. The number of hydrogen-bond acceptors (Lipinski definition) is 5. The fraction of sp³-hybridized carbons (Fsp3) is 0.280. The number of rotatable bonds is 6. The lowest BCUT2D eigenvalue weighted by molar-refractivity contribution is -0.160. The molecule has 2 N–H and O–H groups in total. The summed E-state index contributed by atoms with van der Waals surface area (Å²) in [5, 5.41) is 12.3. The number of hydrogen-bond donors (Lipinski definition) is 2. The average molecular weight is 469 g/mol. The molecule has 2 aromatic heterocycles. The minimum atomic E-state index is -4.64. The summed E-state index contributed by atoms with van der Waals surface area (Å²) < 4.78 is 39.6. The van der Waals surface area contributed by atoms with Crippen molar-refractivity contribution in [2.75, 3.05) is 5.32 Å². The number of aryl methyl sites for hydroxylation is 2. The number of benzene rings is 1. The topological polar surface area (TPSA) is 92.2 Å². The van der Waals surface area contributed by atoms with Gasteiger partial charge in [-0.15, -0.1) is 0 Å². The van der Waals surface area contributed by atoms with Crippen LogP contribution in [-0.2, 0) is 11.2 Å². The molecule has 1 unspecified atom stereocenters. The molecule has 34 heavy (non-hydrogen) atoms. The first-order chi connectivity index (χ1) is 16.0. The van der Waals surface area contributed by atoms with Crippen LogP contribution in [0.15, 0.2) is 54.9 Å². The maximum absolute atomic E-state index is 13.2. The van der Waals surface area contributed by atoms with E-state index >= 15 is 0 Å². The molecule has 0 amide bonds. The van der Waals surface area contributed by atoms with Crippen LogP contribution in [0, 0.1) is 12.3 Å². The molecule has 1 aliphatic rings. The molecule has 9 heteroatoms. The summed E-state index contributed by atoms with van der Waals surface area (Å²) in [6, 6.07) is 12.2. The Labute approximate surface area is 193 Å². The van der Waals surface area contributed by atoms with Gasteiger partial charge in [0.15, 0.2) is 5.78 Å². The van der Waals surface area contributed by atoms with E-state index < -0.39 is 36.2 Å². The number of fused-ring (bicyclic) bond motifs is 1. The quantitative estimate of drug-likeness (QED) is 0.479. The second-order valence-corrected chi connectivity index (χ2v) is 8.62. The number of Topliss-reactive ketones (excluding diaryl/α,β-unsaturated/α-hetero) is 1. The Balaban J connectivity index is 1.57. The first-order valence-electron chi connectivity index (χ1n) is 10.7. The molecule has 4 rings (SSSR count). The van der Waals surface area contributed by atoms with Gasteiger partial charge in [-0.2, -0.15) is 13.2 Å². The zero-order valence-corrected chi connectivity index (χ0v) is 18.3. The minimum absolute atomic E-state index is 0.143. The number of aromatic nitrogens is 2. The summed E-state index contributed by atoms with van der Waals surface area (Å²) in [5.41, 5.74) is 1.89. The molecular weight excluding hydrogens is 447 g/mol. The molecule has 0 spiro atoms. The monoisotopic (exact) mass is 469 g/mol. The number of carboxylic acids is 1. The van der Waals surface area contributed by atoms with Gasteiger partial charge >= 0.3 is 12.1 Å². The minimum Gasteiger partial charge on any atom is -0.481 e. The highest BCUT2D eigenvalue weighted by Gasteiger charge is 2.50. The van der Waals surface area contributed by atoms with Gasteiger partial charge in [0, 0.05) is 17.3 Å². The first-order valence-corrected chi connectivity index (χ1v) is 10.7. The van der Waals surface area contributed by atoms with E-state index in [4.69, 9.17) is 0 Å². The number of pyridine rings is 2. The number of nitrogens with zero attached hydrogens (tertiary/aromatic N) is 2. The first kappa shape index (κ1) is 23.4. The van der Waals surface area contributed by atoms with E-state index in [2.05, 4.69) is 15.3 Å². The third-order valence-electron chi connectivity index (χ3n) is 5.98. The summed E-state index contributed by atoms with van der Waals surface area (Å²) in [6.45, 7) is 1.95. The number of halogens is 3. The van der Waals surface area contributed by atoms with Gasteiger partial charge in [-0.1, -0.05) is 18.2 Å². The highest BCUT2D eigenvalue weighted by molar-refractivity contribution is 6.04. The van der Waals surface area contributed by atoms with Crippen molar-refractivity contribution < 1.29 is 27.9 Å². The maximum Gasteiger partial charge on any atom is 0.390 e. The number of alkyl halides is 3. The van der Waals surface area contributed by atoms with Crippen LogP contribution in [0.4, 0.5) is 24.7 Å². The van der Waals surface area contributed by atoms with Crippen LogP contribution >= 0.6 is 0 Å². The highest BCUT2D eigenvalue weighted by atomic mass is 19.4. The van der Waals surface area contributed by atoms with Gasteiger partial charge in [0.1, 0.15) is 5.82 Å². The van der Waals surface area contributed by atoms with Crippen molar-refractivity contribution in [3.8, 4) is 11.3 Å². The molecule has 1 aliphatic carbocycles. The summed E-state index contributed by atoms with van der Waals surface area (Å²) in [5.74, 6) is -1.51. The van der Waals surface area contributed by atoms with Crippen LogP contribution in [-0.4, -0.2) is 33.0 Å². The predicted molar refractivity (Wildman–Crippen MR) is 120 cm³/mol. The van der Waals surface area contributed by atoms with Crippen molar-refractivity contribution in [3.05, 3.63) is 71.5 Å². The number of carbonyl (C=O) groups excluding carboxylic acids is 1. The van der Waals surface area contributed by atoms with Crippen LogP contribution in [0.1, 0.15) is 40.7 Å². The largest absolute Gasteiger partial charge is 0.481 e. The summed E-state index contributed by atoms with van der Waals surface area (Å²) >= 11 is 0. The van der Waals surface area contributed by atoms with Gasteiger partial charge in [0.05, 0.1) is 35.8 Å². The second-order valence-electron chi connectivity index (χ2n) is 8.62. The van der Waals surface area contributed by atoms with Crippen LogP contribution in [0.25, 0.3) is 11.3 Å². The third-order valence-corrected chi connectivity index (χ3v) is 5.98. The molecule has 1 atom stereocenters.